The van der Waals surface area contributed by atoms with Crippen molar-refractivity contribution in [3.63, 3.8) is 0 Å². The molecule has 20 heavy (non-hydrogen) atoms. The summed E-state index contributed by atoms with van der Waals surface area (Å²) in [5, 5.41) is 0.288. The third kappa shape index (κ3) is 3.46. The molecule has 0 aromatic heterocycles. The van der Waals surface area contributed by atoms with Gasteiger partial charge in [-0.15, -0.1) is 0 Å². The molecule has 1 aromatic rings. The van der Waals surface area contributed by atoms with Crippen LogP contribution in [0.3, 0.4) is 0 Å². The van der Waals surface area contributed by atoms with Gasteiger partial charge in [-0.1, -0.05) is 29.9 Å². The van der Waals surface area contributed by atoms with Gasteiger partial charge in [-0.05, 0) is 25.0 Å². The minimum Gasteiger partial charge on any atom is -0.393 e. The van der Waals surface area contributed by atoms with Gasteiger partial charge in [-0.3, -0.25) is 4.79 Å². The number of hydrogen-bond acceptors (Lipinski definition) is 2. The first-order chi connectivity index (χ1) is 9.49. The summed E-state index contributed by atoms with van der Waals surface area (Å²) in [5.41, 5.74) is 5.87. The molecule has 0 atom stereocenters. The molecule has 1 aromatic carbocycles. The van der Waals surface area contributed by atoms with Gasteiger partial charge in [0.15, 0.2) is 0 Å². The monoisotopic (exact) mass is 314 g/mol. The van der Waals surface area contributed by atoms with Gasteiger partial charge in [-0.2, -0.15) is 0 Å². The van der Waals surface area contributed by atoms with Crippen molar-refractivity contribution in [3.8, 4) is 0 Å². The zero-order chi connectivity index (χ0) is 14.7. The Morgan fingerprint density at radius 2 is 2.10 bits per heavy atom. The lowest BCUT2D eigenvalue weighted by atomic mass is 9.96. The van der Waals surface area contributed by atoms with Gasteiger partial charge >= 0.3 is 0 Å². The Labute approximate surface area is 127 Å². The lowest BCUT2D eigenvalue weighted by molar-refractivity contribution is -0.131. The highest BCUT2D eigenvalue weighted by molar-refractivity contribution is 7.80. The van der Waals surface area contributed by atoms with Crippen LogP contribution in [-0.4, -0.2) is 28.9 Å². The van der Waals surface area contributed by atoms with E-state index in [2.05, 4.69) is 0 Å². The topological polar surface area (TPSA) is 46.3 Å². The summed E-state index contributed by atoms with van der Waals surface area (Å²) < 4.78 is 13.7. The van der Waals surface area contributed by atoms with Crippen LogP contribution in [0, 0.1) is 11.7 Å². The molecule has 108 valence electrons. The van der Waals surface area contributed by atoms with Gasteiger partial charge < -0.3 is 10.6 Å². The van der Waals surface area contributed by atoms with E-state index in [0.717, 1.165) is 12.8 Å². The minimum absolute atomic E-state index is 0.0107. The van der Waals surface area contributed by atoms with Gasteiger partial charge in [-0.25, -0.2) is 4.39 Å². The zero-order valence-corrected chi connectivity index (χ0v) is 12.5. The fourth-order valence-electron chi connectivity index (χ4n) is 2.38. The first-order valence-corrected chi connectivity index (χ1v) is 7.27. The van der Waals surface area contributed by atoms with Gasteiger partial charge in [0, 0.05) is 29.6 Å². The van der Waals surface area contributed by atoms with Crippen molar-refractivity contribution >= 4 is 34.7 Å². The maximum atomic E-state index is 13.7. The van der Waals surface area contributed by atoms with Crippen molar-refractivity contribution in [3.05, 3.63) is 34.6 Å². The molecule has 3 nitrogen and oxygen atoms in total. The Hall–Kier alpha value is -1.20. The number of carbonyl (C=O) groups excluding carboxylic acids is 1. The molecule has 6 heteroatoms. The summed E-state index contributed by atoms with van der Waals surface area (Å²) in [6.07, 6.45) is 1.53. The molecule has 1 amide bonds. The Balaban J connectivity index is 1.98. The Kier molecular flexibility index (Phi) is 4.94. The van der Waals surface area contributed by atoms with Crippen LogP contribution in [0.15, 0.2) is 18.2 Å². The summed E-state index contributed by atoms with van der Waals surface area (Å²) >= 11 is 10.9. The number of piperidine rings is 1. The van der Waals surface area contributed by atoms with Crippen LogP contribution in [0.5, 0.6) is 0 Å². The van der Waals surface area contributed by atoms with E-state index in [1.54, 1.807) is 11.0 Å². The van der Waals surface area contributed by atoms with Crippen molar-refractivity contribution in [2.75, 3.05) is 13.1 Å². The van der Waals surface area contributed by atoms with Crippen LogP contribution >= 0.6 is 23.8 Å². The van der Waals surface area contributed by atoms with Gasteiger partial charge in [0.25, 0.3) is 0 Å². The number of halogens is 2. The number of rotatable bonds is 3. The maximum Gasteiger partial charge on any atom is 0.227 e. The third-order valence-electron chi connectivity index (χ3n) is 3.64. The molecule has 1 fully saturated rings. The zero-order valence-electron chi connectivity index (χ0n) is 10.9. The summed E-state index contributed by atoms with van der Waals surface area (Å²) in [7, 11) is 0. The van der Waals surface area contributed by atoms with Crippen LogP contribution in [-0.2, 0) is 11.2 Å². The second kappa shape index (κ2) is 6.50. The average molecular weight is 315 g/mol. The molecule has 1 heterocycles. The van der Waals surface area contributed by atoms with Crippen LogP contribution in [0.1, 0.15) is 18.4 Å². The van der Waals surface area contributed by atoms with E-state index >= 15 is 0 Å². The van der Waals surface area contributed by atoms with Crippen LogP contribution in [0.2, 0.25) is 5.02 Å². The fraction of sp³-hybridized carbons (Fsp3) is 0.429. The highest BCUT2D eigenvalue weighted by Gasteiger charge is 2.25. The SMILES string of the molecule is NC(=S)C1CCN(C(=O)Cc2c(F)cccc2Cl)CC1. The van der Waals surface area contributed by atoms with Crippen molar-refractivity contribution < 1.29 is 9.18 Å². The highest BCUT2D eigenvalue weighted by atomic mass is 35.5. The Morgan fingerprint density at radius 1 is 1.45 bits per heavy atom. The molecule has 1 aliphatic heterocycles. The van der Waals surface area contributed by atoms with E-state index in [4.69, 9.17) is 29.6 Å². The molecular weight excluding hydrogens is 299 g/mol. The minimum atomic E-state index is -0.441. The fourth-order valence-corrected chi connectivity index (χ4v) is 2.84. The molecular formula is C14H16ClFN2OS. The van der Waals surface area contributed by atoms with Crippen LogP contribution < -0.4 is 5.73 Å². The largest absolute Gasteiger partial charge is 0.393 e. The quantitative estimate of drug-likeness (QED) is 0.872. The molecule has 0 spiro atoms. The van der Waals surface area contributed by atoms with E-state index in [1.165, 1.54) is 12.1 Å². The molecule has 1 saturated heterocycles. The molecule has 2 rings (SSSR count). The molecule has 2 N–H and O–H groups in total. The van der Waals surface area contributed by atoms with Crippen molar-refractivity contribution in [2.24, 2.45) is 11.7 Å². The summed E-state index contributed by atoms with van der Waals surface area (Å²) in [6, 6.07) is 4.43. The number of amides is 1. The number of thiocarbonyl (C=S) groups is 1. The lowest BCUT2D eigenvalue weighted by Gasteiger charge is -2.31. The van der Waals surface area contributed by atoms with Gasteiger partial charge in [0.1, 0.15) is 5.82 Å². The summed E-state index contributed by atoms with van der Waals surface area (Å²) in [4.78, 5) is 14.4. The number of carbonyl (C=O) groups is 1. The highest BCUT2D eigenvalue weighted by Crippen LogP contribution is 2.22. The standard InChI is InChI=1S/C14H16ClFN2OS/c15-11-2-1-3-12(16)10(11)8-13(19)18-6-4-9(5-7-18)14(17)20/h1-3,9H,4-8H2,(H2,17,20). The summed E-state index contributed by atoms with van der Waals surface area (Å²) in [6.45, 7) is 1.21. The van der Waals surface area contributed by atoms with E-state index < -0.39 is 5.82 Å². The number of benzene rings is 1. The van der Waals surface area contributed by atoms with E-state index in [9.17, 15) is 9.18 Å². The molecule has 0 bridgehead atoms. The predicted octanol–water partition coefficient (Wildman–Crippen LogP) is 2.55. The van der Waals surface area contributed by atoms with Crippen molar-refractivity contribution in [2.45, 2.75) is 19.3 Å². The lowest BCUT2D eigenvalue weighted by Crippen LogP contribution is -2.42. The number of nitrogens with two attached hydrogens (primary N) is 1. The molecule has 0 radical (unpaired) electrons. The first kappa shape index (κ1) is 15.2. The van der Waals surface area contributed by atoms with Crippen LogP contribution in [0.4, 0.5) is 4.39 Å². The second-order valence-electron chi connectivity index (χ2n) is 4.93. The normalized spacial score (nSPS) is 16.2. The van der Waals surface area contributed by atoms with E-state index in [-0.39, 0.29) is 28.8 Å². The summed E-state index contributed by atoms with van der Waals surface area (Å²) in [5.74, 6) is -0.353. The average Bonchev–Trinajstić information content (AvgIpc) is 2.43. The smallest absolute Gasteiger partial charge is 0.227 e. The molecule has 0 aliphatic carbocycles. The van der Waals surface area contributed by atoms with Gasteiger partial charge in [0.2, 0.25) is 5.91 Å². The van der Waals surface area contributed by atoms with Gasteiger partial charge in [0.05, 0.1) is 11.4 Å². The molecule has 0 saturated carbocycles. The van der Waals surface area contributed by atoms with Crippen LogP contribution in [0.25, 0.3) is 0 Å². The second-order valence-corrected chi connectivity index (χ2v) is 5.81. The Morgan fingerprint density at radius 3 is 2.65 bits per heavy atom. The predicted molar refractivity (Wildman–Crippen MR) is 81.2 cm³/mol. The molecule has 0 unspecified atom stereocenters. The number of hydrogen-bond donors (Lipinski definition) is 1. The van der Waals surface area contributed by atoms with Crippen molar-refractivity contribution in [1.82, 2.24) is 4.90 Å². The van der Waals surface area contributed by atoms with E-state index in [1.807, 2.05) is 0 Å². The number of likely N-dealkylation sites (tertiary alicyclic amines) is 1. The molecule has 1 aliphatic rings. The van der Waals surface area contributed by atoms with E-state index in [0.29, 0.717) is 18.1 Å². The number of nitrogens with zero attached hydrogens (tertiary/aromatic N) is 1. The third-order valence-corrected chi connectivity index (χ3v) is 4.33. The van der Waals surface area contributed by atoms with Crippen molar-refractivity contribution in [1.29, 1.82) is 0 Å². The first-order valence-electron chi connectivity index (χ1n) is 6.49. The Bertz CT molecular complexity index is 510. The maximum absolute atomic E-state index is 13.7.